The van der Waals surface area contributed by atoms with E-state index < -0.39 is 6.10 Å². The second kappa shape index (κ2) is 4.06. The van der Waals surface area contributed by atoms with Crippen molar-refractivity contribution in [3.63, 3.8) is 0 Å². The van der Waals surface area contributed by atoms with E-state index in [9.17, 15) is 9.50 Å². The van der Waals surface area contributed by atoms with Gasteiger partial charge >= 0.3 is 0 Å². The minimum atomic E-state index is -0.405. The van der Waals surface area contributed by atoms with Crippen molar-refractivity contribution in [2.75, 3.05) is 18.5 Å². The number of anilines is 1. The molecule has 82 valence electrons. The lowest BCUT2D eigenvalue weighted by molar-refractivity contribution is 0.184. The number of rotatable bonds is 2. The number of aliphatic hydroxyl groups is 1. The van der Waals surface area contributed by atoms with Crippen LogP contribution in [0.15, 0.2) is 12.1 Å². The molecule has 1 heterocycles. The molecule has 0 bridgehead atoms. The maximum absolute atomic E-state index is 13.4. The van der Waals surface area contributed by atoms with Gasteiger partial charge in [-0.05, 0) is 18.6 Å². The number of hydrogen-bond acceptors (Lipinski definition) is 3. The molecule has 1 atom stereocenters. The van der Waals surface area contributed by atoms with Gasteiger partial charge in [0.15, 0.2) is 11.6 Å². The highest BCUT2D eigenvalue weighted by molar-refractivity contribution is 5.57. The Kier molecular flexibility index (Phi) is 2.77. The molecule has 4 heteroatoms. The zero-order valence-corrected chi connectivity index (χ0v) is 8.59. The molecule has 2 rings (SSSR count). The van der Waals surface area contributed by atoms with Crippen molar-refractivity contribution in [3.8, 4) is 5.75 Å². The van der Waals surface area contributed by atoms with E-state index in [1.165, 1.54) is 6.07 Å². The fourth-order valence-corrected chi connectivity index (χ4v) is 1.75. The van der Waals surface area contributed by atoms with Crippen molar-refractivity contribution in [1.29, 1.82) is 0 Å². The third-order valence-corrected chi connectivity index (χ3v) is 2.44. The van der Waals surface area contributed by atoms with Gasteiger partial charge in [0.05, 0.1) is 12.7 Å². The minimum Gasteiger partial charge on any atom is -0.491 e. The zero-order chi connectivity index (χ0) is 10.8. The molecule has 0 fully saturated rings. The molecular formula is C11H14FNO2. The number of nitrogens with one attached hydrogen (secondary N) is 1. The van der Waals surface area contributed by atoms with E-state index in [1.54, 1.807) is 6.07 Å². The number of hydrogen-bond donors (Lipinski definition) is 2. The summed E-state index contributed by atoms with van der Waals surface area (Å²) in [5, 5.41) is 12.4. The first kappa shape index (κ1) is 10.2. The van der Waals surface area contributed by atoms with Crippen LogP contribution in [0.25, 0.3) is 0 Å². The van der Waals surface area contributed by atoms with E-state index >= 15 is 0 Å². The Balaban J connectivity index is 2.34. The highest BCUT2D eigenvalue weighted by Gasteiger charge is 2.18. The maximum Gasteiger partial charge on any atom is 0.167 e. The lowest BCUT2D eigenvalue weighted by atomic mass is 10.0. The second-order valence-electron chi connectivity index (χ2n) is 3.61. The summed E-state index contributed by atoms with van der Waals surface area (Å²) in [4.78, 5) is 0. The molecule has 0 saturated carbocycles. The highest BCUT2D eigenvalue weighted by Crippen LogP contribution is 2.29. The summed E-state index contributed by atoms with van der Waals surface area (Å²) in [7, 11) is 0. The predicted molar refractivity (Wildman–Crippen MR) is 55.8 cm³/mol. The SMILES string of the molecule is CCOc1cc2c(cc1F)NCC(O)C2. The molecule has 15 heavy (non-hydrogen) atoms. The van der Waals surface area contributed by atoms with Crippen LogP contribution in [0.4, 0.5) is 10.1 Å². The topological polar surface area (TPSA) is 41.5 Å². The molecule has 0 spiro atoms. The lowest BCUT2D eigenvalue weighted by Crippen LogP contribution is -2.27. The van der Waals surface area contributed by atoms with E-state index in [0.29, 0.717) is 19.6 Å². The first-order chi connectivity index (χ1) is 7.20. The fraction of sp³-hybridized carbons (Fsp3) is 0.455. The van der Waals surface area contributed by atoms with Crippen LogP contribution >= 0.6 is 0 Å². The minimum absolute atomic E-state index is 0.257. The largest absolute Gasteiger partial charge is 0.491 e. The van der Waals surface area contributed by atoms with Crippen LogP contribution in [-0.4, -0.2) is 24.4 Å². The van der Waals surface area contributed by atoms with Crippen molar-refractivity contribution in [2.45, 2.75) is 19.4 Å². The summed E-state index contributed by atoms with van der Waals surface area (Å²) >= 11 is 0. The van der Waals surface area contributed by atoms with Gasteiger partial charge < -0.3 is 15.2 Å². The van der Waals surface area contributed by atoms with Crippen molar-refractivity contribution in [3.05, 3.63) is 23.5 Å². The van der Waals surface area contributed by atoms with Gasteiger partial charge in [-0.15, -0.1) is 0 Å². The van der Waals surface area contributed by atoms with Crippen LogP contribution in [0.5, 0.6) is 5.75 Å². The Morgan fingerprint density at radius 3 is 3.13 bits per heavy atom. The lowest BCUT2D eigenvalue weighted by Gasteiger charge is -2.23. The molecule has 0 radical (unpaired) electrons. The van der Waals surface area contributed by atoms with Gasteiger partial charge in [-0.1, -0.05) is 0 Å². The van der Waals surface area contributed by atoms with E-state index in [2.05, 4.69) is 5.32 Å². The molecule has 0 aromatic heterocycles. The van der Waals surface area contributed by atoms with Crippen LogP contribution in [0.3, 0.4) is 0 Å². The van der Waals surface area contributed by atoms with Crippen LogP contribution < -0.4 is 10.1 Å². The fourth-order valence-electron chi connectivity index (χ4n) is 1.75. The van der Waals surface area contributed by atoms with Gasteiger partial charge in [0.2, 0.25) is 0 Å². The maximum atomic E-state index is 13.4. The van der Waals surface area contributed by atoms with Gasteiger partial charge in [0.1, 0.15) is 0 Å². The van der Waals surface area contributed by atoms with Crippen molar-refractivity contribution in [2.24, 2.45) is 0 Å². The normalized spacial score (nSPS) is 19.3. The third-order valence-electron chi connectivity index (χ3n) is 2.44. The van der Waals surface area contributed by atoms with Crippen molar-refractivity contribution >= 4 is 5.69 Å². The molecule has 0 amide bonds. The number of aliphatic hydroxyl groups excluding tert-OH is 1. The average molecular weight is 211 g/mol. The van der Waals surface area contributed by atoms with Crippen LogP contribution in [0.1, 0.15) is 12.5 Å². The van der Waals surface area contributed by atoms with Crippen molar-refractivity contribution in [1.82, 2.24) is 0 Å². The molecule has 0 saturated heterocycles. The summed E-state index contributed by atoms with van der Waals surface area (Å²) in [5.74, 6) is -0.105. The molecule has 3 nitrogen and oxygen atoms in total. The summed E-state index contributed by atoms with van der Waals surface area (Å²) in [5.41, 5.74) is 1.65. The number of fused-ring (bicyclic) bond motifs is 1. The monoisotopic (exact) mass is 211 g/mol. The molecule has 1 aromatic rings. The van der Waals surface area contributed by atoms with Crippen molar-refractivity contribution < 1.29 is 14.2 Å². The molecule has 1 aliphatic heterocycles. The zero-order valence-electron chi connectivity index (χ0n) is 8.59. The number of halogens is 1. The Bertz CT molecular complexity index is 368. The third kappa shape index (κ3) is 2.04. The number of ether oxygens (including phenoxy) is 1. The Hall–Kier alpha value is -1.29. The van der Waals surface area contributed by atoms with E-state index in [1.807, 2.05) is 6.92 Å². The van der Waals surface area contributed by atoms with E-state index in [4.69, 9.17) is 4.74 Å². The number of benzene rings is 1. The average Bonchev–Trinajstić information content (AvgIpc) is 2.20. The van der Waals surface area contributed by atoms with Crippen LogP contribution in [0.2, 0.25) is 0 Å². The first-order valence-electron chi connectivity index (χ1n) is 5.08. The van der Waals surface area contributed by atoms with Crippen LogP contribution in [0, 0.1) is 5.82 Å². The van der Waals surface area contributed by atoms with Gasteiger partial charge in [-0.2, -0.15) is 0 Å². The second-order valence-corrected chi connectivity index (χ2v) is 3.61. The summed E-state index contributed by atoms with van der Waals surface area (Å²) in [6.07, 6.45) is 0.139. The Morgan fingerprint density at radius 2 is 2.40 bits per heavy atom. The van der Waals surface area contributed by atoms with Gasteiger partial charge in [-0.25, -0.2) is 4.39 Å². The molecule has 0 aliphatic carbocycles. The Morgan fingerprint density at radius 1 is 1.60 bits per heavy atom. The van der Waals surface area contributed by atoms with Gasteiger partial charge in [0, 0.05) is 24.7 Å². The molecule has 1 aliphatic rings. The highest BCUT2D eigenvalue weighted by atomic mass is 19.1. The standard InChI is InChI=1S/C11H14FNO2/c1-2-15-11-4-7-3-8(14)6-13-10(7)5-9(11)12/h4-5,8,13-14H,2-3,6H2,1H3. The van der Waals surface area contributed by atoms with Gasteiger partial charge in [-0.3, -0.25) is 0 Å². The summed E-state index contributed by atoms with van der Waals surface area (Å²) in [6.45, 7) is 2.72. The number of β-amino-alcohol motifs (C(OH)–C–C–N with tert-alkyl or cyclic N) is 1. The van der Waals surface area contributed by atoms with E-state index in [0.717, 1.165) is 11.3 Å². The first-order valence-corrected chi connectivity index (χ1v) is 5.08. The van der Waals surface area contributed by atoms with Gasteiger partial charge in [0.25, 0.3) is 0 Å². The van der Waals surface area contributed by atoms with E-state index in [-0.39, 0.29) is 11.6 Å². The molecular weight excluding hydrogens is 197 g/mol. The summed E-state index contributed by atoms with van der Waals surface area (Å²) < 4.78 is 18.6. The smallest absolute Gasteiger partial charge is 0.167 e. The Labute approximate surface area is 87.9 Å². The summed E-state index contributed by atoms with van der Waals surface area (Å²) in [6, 6.07) is 3.08. The predicted octanol–water partition coefficient (Wildman–Crippen LogP) is 1.55. The molecule has 2 N–H and O–H groups in total. The molecule has 1 aromatic carbocycles. The quantitative estimate of drug-likeness (QED) is 0.780. The van der Waals surface area contributed by atoms with Crippen LogP contribution in [-0.2, 0) is 6.42 Å². The molecule has 1 unspecified atom stereocenters.